The summed E-state index contributed by atoms with van der Waals surface area (Å²) in [6.07, 6.45) is 0. The highest BCUT2D eigenvalue weighted by molar-refractivity contribution is 8.15. The fourth-order valence-corrected chi connectivity index (χ4v) is 3.78. The summed E-state index contributed by atoms with van der Waals surface area (Å²) in [6, 6.07) is 12.0. The first-order chi connectivity index (χ1) is 16.2. The van der Waals surface area contributed by atoms with Gasteiger partial charge in [0, 0.05) is 19.8 Å². The Balaban J connectivity index is 1.96. The molecule has 0 bridgehead atoms. The maximum atomic E-state index is 13.1. The second kappa shape index (κ2) is 10.8. The molecule has 3 rings (SSSR count). The van der Waals surface area contributed by atoms with Crippen LogP contribution in [0.5, 0.6) is 11.6 Å². The predicted molar refractivity (Wildman–Crippen MR) is 130 cm³/mol. The fourth-order valence-electron chi connectivity index (χ4n) is 2.95. The zero-order valence-electron chi connectivity index (χ0n) is 18.7. The van der Waals surface area contributed by atoms with Crippen molar-refractivity contribution in [3.05, 3.63) is 80.7 Å². The zero-order chi connectivity index (χ0) is 24.8. The van der Waals surface area contributed by atoms with Crippen LogP contribution in [-0.2, 0) is 18.9 Å². The van der Waals surface area contributed by atoms with E-state index in [1.54, 1.807) is 24.3 Å². The van der Waals surface area contributed by atoms with Crippen LogP contribution in [0.1, 0.15) is 12.5 Å². The van der Waals surface area contributed by atoms with E-state index in [0.29, 0.717) is 23.7 Å². The maximum Gasteiger partial charge on any atom is 0.333 e. The summed E-state index contributed by atoms with van der Waals surface area (Å²) in [5.41, 5.74) is -0.821. The smallest absolute Gasteiger partial charge is 0.333 e. The highest BCUT2D eigenvalue weighted by Gasteiger charge is 2.22. The lowest BCUT2D eigenvalue weighted by Crippen LogP contribution is -2.39. The Labute approximate surface area is 198 Å². The van der Waals surface area contributed by atoms with Gasteiger partial charge in [0.05, 0.1) is 18.0 Å². The quantitative estimate of drug-likeness (QED) is 0.392. The number of thioether (sulfide) groups is 1. The van der Waals surface area contributed by atoms with Gasteiger partial charge in [-0.3, -0.25) is 18.7 Å². The molecule has 0 unspecified atom stereocenters. The first-order valence-corrected chi connectivity index (χ1v) is 11.2. The SMILES string of the molecule is CCOc1ccc(N=C(SCC(=O)Nc2ccc(F)cc2)c2c(O)n(C)c(=O)n(C)c2=O)cc1. The van der Waals surface area contributed by atoms with Gasteiger partial charge < -0.3 is 15.2 Å². The van der Waals surface area contributed by atoms with Gasteiger partial charge in [-0.05, 0) is 55.5 Å². The Morgan fingerprint density at radius 2 is 1.74 bits per heavy atom. The molecule has 0 spiro atoms. The van der Waals surface area contributed by atoms with Gasteiger partial charge in [0.2, 0.25) is 11.8 Å². The average Bonchev–Trinajstić information content (AvgIpc) is 2.82. The second-order valence-electron chi connectivity index (χ2n) is 7.09. The minimum absolute atomic E-state index is 0.0483. The lowest BCUT2D eigenvalue weighted by Gasteiger charge is -2.13. The molecule has 11 heteroatoms. The first-order valence-electron chi connectivity index (χ1n) is 10.2. The van der Waals surface area contributed by atoms with E-state index in [0.717, 1.165) is 20.9 Å². The summed E-state index contributed by atoms with van der Waals surface area (Å²) < 4.78 is 20.3. The van der Waals surface area contributed by atoms with Gasteiger partial charge in [-0.15, -0.1) is 0 Å². The molecule has 0 aliphatic carbocycles. The van der Waals surface area contributed by atoms with E-state index in [-0.39, 0.29) is 16.4 Å². The number of nitrogens with one attached hydrogen (secondary N) is 1. The molecule has 34 heavy (non-hydrogen) atoms. The average molecular weight is 487 g/mol. The number of aliphatic imine (C=N–C) groups is 1. The Kier molecular flexibility index (Phi) is 7.90. The van der Waals surface area contributed by atoms with E-state index in [9.17, 15) is 23.9 Å². The van der Waals surface area contributed by atoms with Crippen LogP contribution in [0.4, 0.5) is 15.8 Å². The Bertz CT molecular complexity index is 1330. The van der Waals surface area contributed by atoms with Crippen molar-refractivity contribution < 1.29 is 19.0 Å². The molecule has 1 heterocycles. The summed E-state index contributed by atoms with van der Waals surface area (Å²) >= 11 is 0.910. The number of nitrogens with zero attached hydrogens (tertiary/aromatic N) is 3. The summed E-state index contributed by atoms with van der Waals surface area (Å²) in [7, 11) is 2.61. The number of aromatic nitrogens is 2. The minimum Gasteiger partial charge on any atom is -0.494 e. The minimum atomic E-state index is -0.753. The largest absolute Gasteiger partial charge is 0.494 e. The normalized spacial score (nSPS) is 11.4. The molecular weight excluding hydrogens is 463 g/mol. The van der Waals surface area contributed by atoms with Crippen LogP contribution in [0.15, 0.2) is 63.1 Å². The van der Waals surface area contributed by atoms with Gasteiger partial charge in [-0.1, -0.05) is 11.8 Å². The summed E-state index contributed by atoms with van der Waals surface area (Å²) in [6.45, 7) is 2.35. The van der Waals surface area contributed by atoms with Crippen LogP contribution >= 0.6 is 11.8 Å². The molecule has 1 amide bonds. The molecule has 9 nitrogen and oxygen atoms in total. The molecule has 0 fully saturated rings. The molecule has 0 saturated heterocycles. The van der Waals surface area contributed by atoms with Crippen LogP contribution in [0.25, 0.3) is 0 Å². The summed E-state index contributed by atoms with van der Waals surface area (Å²) in [5.74, 6) is -0.965. The van der Waals surface area contributed by atoms with E-state index in [2.05, 4.69) is 10.3 Å². The Morgan fingerprint density at radius 3 is 2.35 bits per heavy atom. The van der Waals surface area contributed by atoms with Crippen molar-refractivity contribution in [3.8, 4) is 11.6 Å². The van der Waals surface area contributed by atoms with Crippen molar-refractivity contribution >= 4 is 34.1 Å². The van der Waals surface area contributed by atoms with E-state index in [4.69, 9.17) is 4.74 Å². The van der Waals surface area contributed by atoms with Crippen LogP contribution in [0.3, 0.4) is 0 Å². The van der Waals surface area contributed by atoms with E-state index >= 15 is 0 Å². The third kappa shape index (κ3) is 5.73. The van der Waals surface area contributed by atoms with Gasteiger partial charge in [0.25, 0.3) is 5.56 Å². The number of ether oxygens (including phenoxy) is 1. The second-order valence-corrected chi connectivity index (χ2v) is 8.06. The molecule has 0 aliphatic heterocycles. The van der Waals surface area contributed by atoms with Crippen LogP contribution in [0.2, 0.25) is 0 Å². The molecule has 2 N–H and O–H groups in total. The first kappa shape index (κ1) is 24.8. The molecule has 0 saturated carbocycles. The number of amides is 1. The number of carbonyl (C=O) groups excluding carboxylic acids is 1. The number of carbonyl (C=O) groups is 1. The Morgan fingerprint density at radius 1 is 1.09 bits per heavy atom. The number of aromatic hydroxyl groups is 1. The monoisotopic (exact) mass is 486 g/mol. The molecule has 178 valence electrons. The fraction of sp³-hybridized carbons (Fsp3) is 0.217. The topological polar surface area (TPSA) is 115 Å². The lowest BCUT2D eigenvalue weighted by atomic mass is 10.3. The Hall–Kier alpha value is -3.86. The molecule has 0 aliphatic rings. The third-order valence-electron chi connectivity index (χ3n) is 4.69. The molecule has 3 aromatic rings. The van der Waals surface area contributed by atoms with Crippen molar-refractivity contribution in [2.45, 2.75) is 6.92 Å². The predicted octanol–water partition coefficient (Wildman–Crippen LogP) is 2.78. The highest BCUT2D eigenvalue weighted by Crippen LogP contribution is 2.25. The van der Waals surface area contributed by atoms with Gasteiger partial charge in [-0.25, -0.2) is 14.2 Å². The number of benzene rings is 2. The van der Waals surface area contributed by atoms with Gasteiger partial charge in [0.15, 0.2) is 0 Å². The van der Waals surface area contributed by atoms with E-state index in [1.165, 1.54) is 38.4 Å². The van der Waals surface area contributed by atoms with Crippen molar-refractivity contribution in [1.29, 1.82) is 0 Å². The third-order valence-corrected chi connectivity index (χ3v) is 5.67. The van der Waals surface area contributed by atoms with Crippen molar-refractivity contribution in [2.75, 3.05) is 17.7 Å². The van der Waals surface area contributed by atoms with E-state index in [1.807, 2.05) is 6.92 Å². The van der Waals surface area contributed by atoms with Gasteiger partial charge in [0.1, 0.15) is 22.2 Å². The van der Waals surface area contributed by atoms with Crippen molar-refractivity contribution in [2.24, 2.45) is 19.1 Å². The molecular formula is C23H23FN4O5S. The van der Waals surface area contributed by atoms with Crippen molar-refractivity contribution in [1.82, 2.24) is 9.13 Å². The lowest BCUT2D eigenvalue weighted by molar-refractivity contribution is -0.113. The summed E-state index contributed by atoms with van der Waals surface area (Å²) in [4.78, 5) is 41.9. The van der Waals surface area contributed by atoms with Crippen molar-refractivity contribution in [3.63, 3.8) is 0 Å². The number of hydrogen-bond acceptors (Lipinski definition) is 7. The molecule has 0 atom stereocenters. The highest BCUT2D eigenvalue weighted by atomic mass is 32.2. The number of hydrogen-bond donors (Lipinski definition) is 2. The molecule has 1 aromatic heterocycles. The van der Waals surface area contributed by atoms with Crippen LogP contribution in [-0.4, -0.2) is 37.6 Å². The number of halogens is 1. The van der Waals surface area contributed by atoms with Crippen LogP contribution < -0.4 is 21.3 Å². The number of anilines is 1. The maximum absolute atomic E-state index is 13.1. The van der Waals surface area contributed by atoms with Gasteiger partial charge in [-0.2, -0.15) is 0 Å². The summed E-state index contributed by atoms with van der Waals surface area (Å²) in [5, 5.41) is 13.2. The number of rotatable bonds is 7. The molecule has 0 radical (unpaired) electrons. The standard InChI is InChI=1S/C23H23FN4O5S/c1-4-33-17-11-9-16(10-12-17)26-20(19-21(30)27(2)23(32)28(3)22(19)31)34-13-18(29)25-15-7-5-14(24)6-8-15/h5-12,30H,4,13H2,1-3H3,(H,25,29). The molecule has 2 aromatic carbocycles. The zero-order valence-corrected chi connectivity index (χ0v) is 19.6. The van der Waals surface area contributed by atoms with E-state index < -0.39 is 28.9 Å². The van der Waals surface area contributed by atoms with Crippen LogP contribution in [0, 0.1) is 5.82 Å². The van der Waals surface area contributed by atoms with Gasteiger partial charge >= 0.3 is 5.69 Å².